The summed E-state index contributed by atoms with van der Waals surface area (Å²) in [6.45, 7) is 2.29. The Hall–Kier alpha value is -2.27. The second-order valence-electron chi connectivity index (χ2n) is 7.13. The van der Waals surface area contributed by atoms with Crippen molar-refractivity contribution >= 4 is 23.2 Å². The minimum atomic E-state index is -4.64. The van der Waals surface area contributed by atoms with Gasteiger partial charge in [0.2, 0.25) is 0 Å². The van der Waals surface area contributed by atoms with Crippen molar-refractivity contribution in [3.05, 3.63) is 58.1 Å². The van der Waals surface area contributed by atoms with Crippen LogP contribution >= 0.6 is 11.6 Å². The number of anilines is 1. The largest absolute Gasteiger partial charge is 0.417 e. The van der Waals surface area contributed by atoms with Gasteiger partial charge in [-0.3, -0.25) is 10.1 Å². The van der Waals surface area contributed by atoms with Crippen LogP contribution in [0.25, 0.3) is 0 Å². The molecule has 0 radical (unpaired) electrons. The van der Waals surface area contributed by atoms with E-state index < -0.39 is 40.2 Å². The van der Waals surface area contributed by atoms with Gasteiger partial charge in [0.05, 0.1) is 28.9 Å². The highest BCUT2D eigenvalue weighted by molar-refractivity contribution is 6.34. The number of alkyl halides is 3. The standard InChI is InChI=1S/C19H19ClF4N4O2/c1-18(9-30-5-4-15(25)28-18)12-7-11(2-3-14(12)21)27-17(29)16-13(20)6-10(8-26-16)19(22,23)24/h2-3,6-8,15,28H,4-5,9,25H2,1H3,(H,27,29)/t15?,18-/m0/s1. The van der Waals surface area contributed by atoms with Crippen LogP contribution in [0, 0.1) is 5.82 Å². The number of amides is 1. The Bertz CT molecular complexity index is 957. The maximum atomic E-state index is 14.6. The molecule has 30 heavy (non-hydrogen) atoms. The lowest BCUT2D eigenvalue weighted by atomic mass is 9.91. The summed E-state index contributed by atoms with van der Waals surface area (Å²) in [5, 5.41) is 5.13. The first-order chi connectivity index (χ1) is 14.0. The first-order valence-corrected chi connectivity index (χ1v) is 9.32. The van der Waals surface area contributed by atoms with Crippen LogP contribution in [-0.2, 0) is 16.5 Å². The van der Waals surface area contributed by atoms with Crippen molar-refractivity contribution in [3.63, 3.8) is 0 Å². The highest BCUT2D eigenvalue weighted by Gasteiger charge is 2.34. The highest BCUT2D eigenvalue weighted by Crippen LogP contribution is 2.32. The molecule has 1 unspecified atom stereocenters. The molecule has 6 nitrogen and oxygen atoms in total. The van der Waals surface area contributed by atoms with E-state index in [9.17, 15) is 22.4 Å². The molecule has 1 aromatic heterocycles. The summed E-state index contributed by atoms with van der Waals surface area (Å²) in [7, 11) is 0. The number of hydrogen-bond donors (Lipinski definition) is 3. The van der Waals surface area contributed by atoms with E-state index in [4.69, 9.17) is 22.1 Å². The average molecular weight is 447 g/mol. The smallest absolute Gasteiger partial charge is 0.379 e. The number of aromatic nitrogens is 1. The van der Waals surface area contributed by atoms with Gasteiger partial charge in [0.25, 0.3) is 5.91 Å². The van der Waals surface area contributed by atoms with Crippen LogP contribution in [-0.4, -0.2) is 30.3 Å². The van der Waals surface area contributed by atoms with Gasteiger partial charge in [-0.1, -0.05) is 11.6 Å². The number of carbonyl (C=O) groups excluding carboxylic acids is 1. The van der Waals surface area contributed by atoms with E-state index in [1.165, 1.54) is 12.1 Å². The fourth-order valence-electron chi connectivity index (χ4n) is 3.14. The second-order valence-corrected chi connectivity index (χ2v) is 7.53. The maximum Gasteiger partial charge on any atom is 0.417 e. The van der Waals surface area contributed by atoms with Crippen LogP contribution in [0.2, 0.25) is 5.02 Å². The number of halogens is 5. The molecule has 1 aliphatic heterocycles. The van der Waals surface area contributed by atoms with Crippen molar-refractivity contribution in [2.75, 3.05) is 18.5 Å². The molecule has 4 N–H and O–H groups in total. The summed E-state index contributed by atoms with van der Waals surface area (Å²) in [4.78, 5) is 16.0. The SMILES string of the molecule is C[C@@]1(c2cc(NC(=O)c3ncc(C(F)(F)F)cc3Cl)ccc2F)COCCC(N)N1. The molecular formula is C19H19ClF4N4O2. The number of nitrogens with one attached hydrogen (secondary N) is 2. The predicted molar refractivity (Wildman–Crippen MR) is 103 cm³/mol. The fourth-order valence-corrected chi connectivity index (χ4v) is 3.39. The number of pyridine rings is 1. The van der Waals surface area contributed by atoms with E-state index in [0.29, 0.717) is 25.3 Å². The van der Waals surface area contributed by atoms with E-state index in [1.54, 1.807) is 6.92 Å². The van der Waals surface area contributed by atoms with Gasteiger partial charge < -0.3 is 15.8 Å². The van der Waals surface area contributed by atoms with E-state index in [1.807, 2.05) is 0 Å². The Kier molecular flexibility index (Phi) is 6.32. The topological polar surface area (TPSA) is 89.3 Å². The summed E-state index contributed by atoms with van der Waals surface area (Å²) in [5.74, 6) is -1.37. The summed E-state index contributed by atoms with van der Waals surface area (Å²) in [5.41, 5.74) is 3.97. The number of carbonyl (C=O) groups is 1. The summed E-state index contributed by atoms with van der Waals surface area (Å²) >= 11 is 5.81. The Morgan fingerprint density at radius 3 is 2.80 bits per heavy atom. The lowest BCUT2D eigenvalue weighted by Crippen LogP contribution is -2.51. The van der Waals surface area contributed by atoms with Gasteiger partial charge in [-0.2, -0.15) is 13.2 Å². The quantitative estimate of drug-likeness (QED) is 0.626. The van der Waals surface area contributed by atoms with E-state index >= 15 is 0 Å². The van der Waals surface area contributed by atoms with Crippen LogP contribution in [0.3, 0.4) is 0 Å². The summed E-state index contributed by atoms with van der Waals surface area (Å²) in [6.07, 6.45) is -3.98. The molecule has 162 valence electrons. The van der Waals surface area contributed by atoms with Crippen molar-refractivity contribution in [2.45, 2.75) is 31.2 Å². The molecule has 3 rings (SSSR count). The van der Waals surface area contributed by atoms with E-state index in [-0.39, 0.29) is 23.6 Å². The van der Waals surface area contributed by atoms with Gasteiger partial charge in [-0.05, 0) is 37.6 Å². The van der Waals surface area contributed by atoms with Gasteiger partial charge in [0.1, 0.15) is 11.5 Å². The van der Waals surface area contributed by atoms with Crippen LogP contribution in [0.5, 0.6) is 0 Å². The molecule has 2 heterocycles. The normalized spacial score (nSPS) is 22.4. The van der Waals surface area contributed by atoms with E-state index in [2.05, 4.69) is 15.6 Å². The molecule has 0 saturated carbocycles. The molecule has 0 bridgehead atoms. The zero-order valence-electron chi connectivity index (χ0n) is 15.8. The third-order valence-electron chi connectivity index (χ3n) is 4.67. The molecule has 1 amide bonds. The predicted octanol–water partition coefficient (Wildman–Crippen LogP) is 3.66. The van der Waals surface area contributed by atoms with Crippen molar-refractivity contribution in [3.8, 4) is 0 Å². The zero-order chi connectivity index (χ0) is 22.1. The molecule has 1 saturated heterocycles. The van der Waals surface area contributed by atoms with Crippen LogP contribution in [0.4, 0.5) is 23.2 Å². The third-order valence-corrected chi connectivity index (χ3v) is 4.96. The van der Waals surface area contributed by atoms with E-state index in [0.717, 1.165) is 6.07 Å². The number of rotatable bonds is 3. The van der Waals surface area contributed by atoms with Crippen molar-refractivity contribution < 1.29 is 27.1 Å². The van der Waals surface area contributed by atoms with Crippen LogP contribution in [0.1, 0.15) is 35.0 Å². The number of hydrogen-bond acceptors (Lipinski definition) is 5. The number of nitrogens with zero attached hydrogens (tertiary/aromatic N) is 1. The number of ether oxygens (including phenoxy) is 1. The Balaban J connectivity index is 1.86. The minimum absolute atomic E-state index is 0.154. The number of nitrogens with two attached hydrogens (primary N) is 1. The molecule has 1 fully saturated rings. The summed E-state index contributed by atoms with van der Waals surface area (Å²) < 4.78 is 58.3. The Morgan fingerprint density at radius 2 is 2.13 bits per heavy atom. The van der Waals surface area contributed by atoms with Gasteiger partial charge in [-0.15, -0.1) is 0 Å². The Labute approximate surface area is 174 Å². The first kappa shape index (κ1) is 22.4. The van der Waals surface area contributed by atoms with Crippen molar-refractivity contribution in [1.29, 1.82) is 0 Å². The Morgan fingerprint density at radius 1 is 1.40 bits per heavy atom. The molecule has 2 aromatic rings. The maximum absolute atomic E-state index is 14.6. The number of benzene rings is 1. The lowest BCUT2D eigenvalue weighted by molar-refractivity contribution is -0.137. The highest BCUT2D eigenvalue weighted by atomic mass is 35.5. The van der Waals surface area contributed by atoms with Gasteiger partial charge in [0.15, 0.2) is 0 Å². The average Bonchev–Trinajstić information content (AvgIpc) is 2.83. The lowest BCUT2D eigenvalue weighted by Gasteiger charge is -2.32. The van der Waals surface area contributed by atoms with Crippen molar-refractivity contribution in [1.82, 2.24) is 10.3 Å². The summed E-state index contributed by atoms with van der Waals surface area (Å²) in [6, 6.07) is 4.50. The molecule has 0 spiro atoms. The molecule has 0 aliphatic carbocycles. The molecule has 11 heteroatoms. The van der Waals surface area contributed by atoms with Crippen LogP contribution < -0.4 is 16.4 Å². The van der Waals surface area contributed by atoms with Crippen LogP contribution in [0.15, 0.2) is 30.5 Å². The van der Waals surface area contributed by atoms with Gasteiger partial charge >= 0.3 is 6.18 Å². The van der Waals surface area contributed by atoms with Gasteiger partial charge in [-0.25, -0.2) is 9.37 Å². The monoisotopic (exact) mass is 446 g/mol. The molecule has 2 atom stereocenters. The molecule has 1 aromatic carbocycles. The van der Waals surface area contributed by atoms with Crippen molar-refractivity contribution in [2.24, 2.45) is 5.73 Å². The molecular weight excluding hydrogens is 428 g/mol. The fraction of sp³-hybridized carbons (Fsp3) is 0.368. The zero-order valence-corrected chi connectivity index (χ0v) is 16.6. The minimum Gasteiger partial charge on any atom is -0.379 e. The third kappa shape index (κ3) is 4.89. The first-order valence-electron chi connectivity index (χ1n) is 8.95. The second kappa shape index (κ2) is 8.46. The van der Waals surface area contributed by atoms with Gasteiger partial charge in [0, 0.05) is 24.1 Å². The molecule has 1 aliphatic rings.